The fourth-order valence-corrected chi connectivity index (χ4v) is 4.77. The number of methoxy groups -OCH3 is 1. The second-order valence-corrected chi connectivity index (χ2v) is 9.81. The molecule has 9 nitrogen and oxygen atoms in total. The lowest BCUT2D eigenvalue weighted by molar-refractivity contribution is -0.148. The van der Waals surface area contributed by atoms with E-state index in [2.05, 4.69) is 42.2 Å². The first-order valence-electron chi connectivity index (χ1n) is 11.9. The summed E-state index contributed by atoms with van der Waals surface area (Å²) in [5.74, 6) is 0.532. The highest BCUT2D eigenvalue weighted by Gasteiger charge is 2.23. The van der Waals surface area contributed by atoms with Gasteiger partial charge in [-0.3, -0.25) is 0 Å². The van der Waals surface area contributed by atoms with Gasteiger partial charge in [0, 0.05) is 31.9 Å². The van der Waals surface area contributed by atoms with E-state index in [1.54, 1.807) is 24.4 Å². The Balaban J connectivity index is 1.41. The molecular weight excluding hydrogens is 538 g/mol. The number of ether oxygens (including phenoxy) is 2. The summed E-state index contributed by atoms with van der Waals surface area (Å²) in [5.41, 5.74) is 3.89. The summed E-state index contributed by atoms with van der Waals surface area (Å²) in [6, 6.07) is 13.4. The molecule has 37 heavy (non-hydrogen) atoms. The first-order chi connectivity index (χ1) is 17.8. The van der Waals surface area contributed by atoms with Crippen LogP contribution in [-0.4, -0.2) is 47.3 Å². The summed E-state index contributed by atoms with van der Waals surface area (Å²) in [6.45, 7) is 5.40. The predicted molar refractivity (Wildman–Crippen MR) is 143 cm³/mol. The van der Waals surface area contributed by atoms with Gasteiger partial charge in [-0.2, -0.15) is 10.2 Å². The van der Waals surface area contributed by atoms with E-state index in [4.69, 9.17) is 9.47 Å². The molecule has 1 atom stereocenters. The number of nitriles is 1. The second-order valence-electron chi connectivity index (χ2n) is 8.95. The van der Waals surface area contributed by atoms with Crippen molar-refractivity contribution in [3.05, 3.63) is 69.3 Å². The molecule has 2 aromatic carbocycles. The van der Waals surface area contributed by atoms with Gasteiger partial charge < -0.3 is 24.8 Å². The number of piperidine rings is 1. The minimum Gasteiger partial charge on any atom is -0.479 e. The molecule has 0 amide bonds. The Morgan fingerprint density at radius 3 is 2.57 bits per heavy atom. The summed E-state index contributed by atoms with van der Waals surface area (Å²) >= 11 is 3.47. The Morgan fingerprint density at radius 2 is 1.95 bits per heavy atom. The van der Waals surface area contributed by atoms with Crippen LogP contribution >= 0.6 is 15.9 Å². The van der Waals surface area contributed by atoms with E-state index < -0.39 is 12.1 Å². The second kappa shape index (κ2) is 11.6. The molecule has 10 heteroatoms. The number of hydrogen-bond acceptors (Lipinski definition) is 8. The average Bonchev–Trinajstić information content (AvgIpc) is 2.88. The van der Waals surface area contributed by atoms with Crippen LogP contribution in [0.5, 0.6) is 11.6 Å². The number of nitrogens with one attached hydrogen (secondary N) is 1. The number of carboxylic acids is 1. The topological polar surface area (TPSA) is 121 Å². The Morgan fingerprint density at radius 1 is 1.24 bits per heavy atom. The molecule has 2 heterocycles. The van der Waals surface area contributed by atoms with Gasteiger partial charge in [0.05, 0.1) is 22.3 Å². The summed E-state index contributed by atoms with van der Waals surface area (Å²) in [7, 11) is 1.40. The molecule has 0 saturated carbocycles. The van der Waals surface area contributed by atoms with E-state index in [1.165, 1.54) is 7.11 Å². The van der Waals surface area contributed by atoms with Crippen LogP contribution in [0.15, 0.2) is 47.1 Å². The third-order valence-electron chi connectivity index (χ3n) is 6.33. The monoisotopic (exact) mass is 565 g/mol. The number of aryl methyl sites for hydroxylation is 2. The van der Waals surface area contributed by atoms with Gasteiger partial charge in [-0.15, -0.1) is 0 Å². The highest BCUT2D eigenvalue weighted by atomic mass is 79.9. The number of nitrogens with zero attached hydrogens (tertiary/aromatic N) is 4. The number of aromatic nitrogens is 2. The van der Waals surface area contributed by atoms with Gasteiger partial charge in [-0.25, -0.2) is 9.78 Å². The molecule has 192 valence electrons. The van der Waals surface area contributed by atoms with Crippen molar-refractivity contribution in [2.75, 3.05) is 30.4 Å². The number of rotatable bonds is 8. The van der Waals surface area contributed by atoms with E-state index in [0.29, 0.717) is 33.2 Å². The van der Waals surface area contributed by atoms with Gasteiger partial charge in [0.25, 0.3) is 0 Å². The Labute approximate surface area is 224 Å². The van der Waals surface area contributed by atoms with E-state index >= 15 is 0 Å². The zero-order valence-corrected chi connectivity index (χ0v) is 22.4. The van der Waals surface area contributed by atoms with Gasteiger partial charge in [0.15, 0.2) is 6.10 Å². The molecule has 3 aromatic rings. The van der Waals surface area contributed by atoms with Crippen LogP contribution in [0.3, 0.4) is 0 Å². The van der Waals surface area contributed by atoms with Gasteiger partial charge in [-0.1, -0.05) is 12.1 Å². The quantitative estimate of drug-likeness (QED) is 0.371. The Hall–Kier alpha value is -3.68. The van der Waals surface area contributed by atoms with Crippen molar-refractivity contribution in [2.45, 2.75) is 38.8 Å². The minimum absolute atomic E-state index is 0.178. The average molecular weight is 566 g/mol. The largest absolute Gasteiger partial charge is 0.479 e. The van der Waals surface area contributed by atoms with Gasteiger partial charge in [0.2, 0.25) is 11.8 Å². The van der Waals surface area contributed by atoms with Crippen molar-refractivity contribution in [3.63, 3.8) is 0 Å². The molecule has 0 radical (unpaired) electrons. The number of aliphatic carboxylic acids is 1. The summed E-state index contributed by atoms with van der Waals surface area (Å²) in [4.78, 5) is 22.7. The van der Waals surface area contributed by atoms with Crippen LogP contribution in [0.1, 0.15) is 41.2 Å². The Bertz CT molecular complexity index is 1310. The normalized spacial score (nSPS) is 14.6. The lowest BCUT2D eigenvalue weighted by atomic mass is 10.0. The summed E-state index contributed by atoms with van der Waals surface area (Å²) < 4.78 is 11.9. The molecule has 0 bridgehead atoms. The highest BCUT2D eigenvalue weighted by Crippen LogP contribution is 2.33. The fraction of sp³-hybridized carbons (Fsp3) is 0.333. The molecule has 0 spiro atoms. The third kappa shape index (κ3) is 6.18. The SMILES string of the molecule is COC(C(=O)O)c1cccc(N2CCC(Nc3ncc(Br)c(Oc4c(C)cc(C#N)cc4C)n3)CC2)c1. The molecular formula is C27H28BrN5O4. The van der Waals surface area contributed by atoms with Crippen LogP contribution in [0.4, 0.5) is 11.6 Å². The predicted octanol–water partition coefficient (Wildman–Crippen LogP) is 5.37. The van der Waals surface area contributed by atoms with Crippen LogP contribution in [0, 0.1) is 25.2 Å². The van der Waals surface area contributed by atoms with Crippen LogP contribution < -0.4 is 15.0 Å². The Kier molecular flexibility index (Phi) is 8.26. The minimum atomic E-state index is -1.01. The molecule has 0 aliphatic carbocycles. The summed E-state index contributed by atoms with van der Waals surface area (Å²) in [6.07, 6.45) is 2.40. The molecule has 1 fully saturated rings. The van der Waals surface area contributed by atoms with Crippen molar-refractivity contribution in [2.24, 2.45) is 0 Å². The fourth-order valence-electron chi connectivity index (χ4n) is 4.49. The lowest BCUT2D eigenvalue weighted by Gasteiger charge is -2.34. The zero-order valence-electron chi connectivity index (χ0n) is 20.9. The molecule has 4 rings (SSSR count). The number of anilines is 2. The number of halogens is 1. The van der Waals surface area contributed by atoms with Gasteiger partial charge in [0.1, 0.15) is 5.75 Å². The lowest BCUT2D eigenvalue weighted by Crippen LogP contribution is -2.39. The molecule has 2 N–H and O–H groups in total. The van der Waals surface area contributed by atoms with Gasteiger partial charge in [-0.05, 0) is 83.6 Å². The van der Waals surface area contributed by atoms with Crippen LogP contribution in [0.2, 0.25) is 0 Å². The number of hydrogen-bond donors (Lipinski definition) is 2. The highest BCUT2D eigenvalue weighted by molar-refractivity contribution is 9.10. The molecule has 1 aliphatic heterocycles. The zero-order chi connectivity index (χ0) is 26.5. The van der Waals surface area contributed by atoms with Crippen LogP contribution in [0.25, 0.3) is 0 Å². The van der Waals surface area contributed by atoms with E-state index in [9.17, 15) is 15.2 Å². The van der Waals surface area contributed by atoms with Crippen molar-refractivity contribution in [1.82, 2.24) is 9.97 Å². The van der Waals surface area contributed by atoms with Crippen molar-refractivity contribution >= 4 is 33.5 Å². The maximum Gasteiger partial charge on any atom is 0.337 e. The van der Waals surface area contributed by atoms with E-state index in [1.807, 2.05) is 32.0 Å². The maximum atomic E-state index is 11.5. The van der Waals surface area contributed by atoms with Crippen molar-refractivity contribution in [3.8, 4) is 17.7 Å². The van der Waals surface area contributed by atoms with Gasteiger partial charge >= 0.3 is 5.97 Å². The number of carbonyl (C=O) groups is 1. The smallest absolute Gasteiger partial charge is 0.337 e. The first-order valence-corrected chi connectivity index (χ1v) is 12.7. The number of carboxylic acid groups (broad SMARTS) is 1. The first kappa shape index (κ1) is 26.4. The molecule has 1 unspecified atom stereocenters. The van der Waals surface area contributed by atoms with Crippen LogP contribution in [-0.2, 0) is 9.53 Å². The van der Waals surface area contributed by atoms with E-state index in [0.717, 1.165) is 42.7 Å². The van der Waals surface area contributed by atoms with Crippen molar-refractivity contribution < 1.29 is 19.4 Å². The molecule has 1 saturated heterocycles. The maximum absolute atomic E-state index is 11.5. The van der Waals surface area contributed by atoms with Crippen molar-refractivity contribution in [1.29, 1.82) is 5.26 Å². The van der Waals surface area contributed by atoms with E-state index in [-0.39, 0.29) is 6.04 Å². The number of benzene rings is 2. The molecule has 1 aliphatic rings. The molecule has 1 aromatic heterocycles. The standard InChI is InChI=1S/C27H28BrN5O4/c1-16-11-18(14-29)12-17(2)23(16)37-25-22(28)15-30-27(32-25)31-20-7-9-33(10-8-20)21-6-4-5-19(13-21)24(36-3)26(34)35/h4-6,11-13,15,20,24H,7-10H2,1-3H3,(H,34,35)(H,30,31,32). The third-order valence-corrected chi connectivity index (χ3v) is 6.87. The summed E-state index contributed by atoms with van der Waals surface area (Å²) in [5, 5.41) is 22.0.